The molecule has 24 heavy (non-hydrogen) atoms. The molecule has 0 radical (unpaired) electrons. The summed E-state index contributed by atoms with van der Waals surface area (Å²) in [4.78, 5) is 35.4. The molecule has 0 aromatic heterocycles. The van der Waals surface area contributed by atoms with Crippen molar-refractivity contribution in [2.45, 2.75) is 32.1 Å². The lowest BCUT2D eigenvalue weighted by Gasteiger charge is -2.20. The van der Waals surface area contributed by atoms with Gasteiger partial charge in [-0.2, -0.15) is 0 Å². The Kier molecular flexibility index (Phi) is 6.11. The Morgan fingerprint density at radius 2 is 2.12 bits per heavy atom. The van der Waals surface area contributed by atoms with Gasteiger partial charge in [-0.05, 0) is 31.4 Å². The normalized spacial score (nSPS) is 15.0. The summed E-state index contributed by atoms with van der Waals surface area (Å²) in [7, 11) is 0. The number of hydrogen-bond acceptors (Lipinski definition) is 5. The van der Waals surface area contributed by atoms with Crippen LogP contribution in [0.3, 0.4) is 0 Å². The van der Waals surface area contributed by atoms with Crippen molar-refractivity contribution in [1.29, 1.82) is 0 Å². The average Bonchev–Trinajstić information content (AvgIpc) is 2.75. The van der Waals surface area contributed by atoms with E-state index in [4.69, 9.17) is 5.73 Å². The molecule has 3 N–H and O–H groups in total. The predicted molar refractivity (Wildman–Crippen MR) is 89.8 cm³/mol. The van der Waals surface area contributed by atoms with Crippen LogP contribution in [-0.4, -0.2) is 41.3 Å². The lowest BCUT2D eigenvalue weighted by Crippen LogP contribution is -2.32. The number of nitro groups is 1. The summed E-state index contributed by atoms with van der Waals surface area (Å²) in [5.74, 6) is -0.520. The Morgan fingerprint density at radius 3 is 2.83 bits per heavy atom. The monoisotopic (exact) mass is 334 g/mol. The molecule has 2 amide bonds. The molecule has 0 atom stereocenters. The maximum Gasteiger partial charge on any atom is 0.293 e. The van der Waals surface area contributed by atoms with Crippen LogP contribution in [0.15, 0.2) is 18.2 Å². The Labute approximate surface area is 140 Å². The van der Waals surface area contributed by atoms with E-state index in [-0.39, 0.29) is 17.2 Å². The lowest BCUT2D eigenvalue weighted by molar-refractivity contribution is -0.384. The van der Waals surface area contributed by atoms with Gasteiger partial charge in [-0.3, -0.25) is 19.7 Å². The number of benzene rings is 1. The Balaban J connectivity index is 1.90. The molecule has 0 aliphatic carbocycles. The van der Waals surface area contributed by atoms with Crippen molar-refractivity contribution in [1.82, 2.24) is 4.90 Å². The van der Waals surface area contributed by atoms with Crippen LogP contribution in [0.4, 0.5) is 11.4 Å². The number of nitrogens with zero attached hydrogens (tertiary/aromatic N) is 2. The third-order valence-electron chi connectivity index (χ3n) is 4.07. The number of anilines is 1. The molecular formula is C16H22N4O4. The van der Waals surface area contributed by atoms with Gasteiger partial charge in [0.2, 0.25) is 11.8 Å². The number of nitrogens with one attached hydrogen (secondary N) is 1. The van der Waals surface area contributed by atoms with Crippen molar-refractivity contribution in [3.05, 3.63) is 33.9 Å². The summed E-state index contributed by atoms with van der Waals surface area (Å²) in [5, 5.41) is 14.1. The fourth-order valence-electron chi connectivity index (χ4n) is 2.75. The first-order valence-corrected chi connectivity index (χ1v) is 8.09. The first-order valence-electron chi connectivity index (χ1n) is 8.09. The van der Waals surface area contributed by atoms with Crippen molar-refractivity contribution < 1.29 is 14.5 Å². The number of hydrogen-bond donors (Lipinski definition) is 2. The lowest BCUT2D eigenvalue weighted by atomic mass is 10.1. The van der Waals surface area contributed by atoms with Crippen LogP contribution >= 0.6 is 0 Å². The van der Waals surface area contributed by atoms with E-state index >= 15 is 0 Å². The van der Waals surface area contributed by atoms with Crippen LogP contribution < -0.4 is 11.1 Å². The highest BCUT2D eigenvalue weighted by molar-refractivity contribution is 5.94. The maximum atomic E-state index is 11.9. The molecule has 1 saturated heterocycles. The number of nitro benzene ring substituents is 1. The van der Waals surface area contributed by atoms with Gasteiger partial charge >= 0.3 is 0 Å². The fraction of sp³-hybridized carbons (Fsp3) is 0.500. The van der Waals surface area contributed by atoms with Gasteiger partial charge in [0.25, 0.3) is 5.69 Å². The van der Waals surface area contributed by atoms with Gasteiger partial charge < -0.3 is 16.0 Å². The highest BCUT2D eigenvalue weighted by atomic mass is 16.6. The van der Waals surface area contributed by atoms with Crippen LogP contribution in [0, 0.1) is 10.1 Å². The number of likely N-dealkylation sites (tertiary alicyclic amines) is 1. The molecule has 1 fully saturated rings. The zero-order valence-electron chi connectivity index (χ0n) is 13.5. The molecule has 8 nitrogen and oxygen atoms in total. The van der Waals surface area contributed by atoms with E-state index in [1.807, 2.05) is 4.90 Å². The van der Waals surface area contributed by atoms with E-state index in [9.17, 15) is 19.7 Å². The second-order valence-corrected chi connectivity index (χ2v) is 5.83. The molecular weight excluding hydrogens is 312 g/mol. The number of amides is 2. The maximum absolute atomic E-state index is 11.9. The summed E-state index contributed by atoms with van der Waals surface area (Å²) in [6, 6.07) is 4.11. The quantitative estimate of drug-likeness (QED) is 0.448. The average molecular weight is 334 g/mol. The van der Waals surface area contributed by atoms with Crippen LogP contribution in [0.5, 0.6) is 0 Å². The van der Waals surface area contributed by atoms with Crippen LogP contribution in [0.2, 0.25) is 0 Å². The molecule has 1 aliphatic heterocycles. The Morgan fingerprint density at radius 1 is 1.33 bits per heavy atom. The standard InChI is InChI=1S/C16H22N4O4/c17-16(22)12-6-7-13(14(11-12)20(23)24)18-8-4-10-19-9-3-1-2-5-15(19)21/h6-7,11,18H,1-5,8-10H2,(H2,17,22). The van der Waals surface area contributed by atoms with Crippen molar-refractivity contribution in [2.24, 2.45) is 5.73 Å². The minimum Gasteiger partial charge on any atom is -0.379 e. The zero-order valence-corrected chi connectivity index (χ0v) is 13.5. The molecule has 1 heterocycles. The first-order chi connectivity index (χ1) is 11.5. The van der Waals surface area contributed by atoms with Gasteiger partial charge in [0, 0.05) is 37.7 Å². The topological polar surface area (TPSA) is 119 Å². The predicted octanol–water partition coefficient (Wildman–Crippen LogP) is 1.90. The number of primary amides is 1. The molecule has 0 unspecified atom stereocenters. The van der Waals surface area contributed by atoms with Gasteiger partial charge in [-0.25, -0.2) is 0 Å². The van der Waals surface area contributed by atoms with E-state index in [2.05, 4.69) is 5.32 Å². The number of carbonyl (C=O) groups excluding carboxylic acids is 2. The Bertz CT molecular complexity index is 633. The van der Waals surface area contributed by atoms with Gasteiger partial charge in [0.05, 0.1) is 4.92 Å². The molecule has 2 rings (SSSR count). The van der Waals surface area contributed by atoms with Gasteiger partial charge in [-0.15, -0.1) is 0 Å². The van der Waals surface area contributed by atoms with Crippen LogP contribution in [0.1, 0.15) is 42.5 Å². The minimum absolute atomic E-state index is 0.0995. The minimum atomic E-state index is -0.704. The fourth-order valence-corrected chi connectivity index (χ4v) is 2.75. The first kappa shape index (κ1) is 17.7. The smallest absolute Gasteiger partial charge is 0.293 e. The van der Waals surface area contributed by atoms with E-state index < -0.39 is 10.8 Å². The SMILES string of the molecule is NC(=O)c1ccc(NCCCN2CCCCCC2=O)c([N+](=O)[O-])c1. The van der Waals surface area contributed by atoms with Crippen LogP contribution in [0.25, 0.3) is 0 Å². The van der Waals surface area contributed by atoms with E-state index in [1.54, 1.807) is 0 Å². The van der Waals surface area contributed by atoms with E-state index in [1.165, 1.54) is 18.2 Å². The zero-order chi connectivity index (χ0) is 17.5. The highest BCUT2D eigenvalue weighted by Crippen LogP contribution is 2.25. The van der Waals surface area contributed by atoms with E-state index in [0.29, 0.717) is 31.6 Å². The van der Waals surface area contributed by atoms with E-state index in [0.717, 1.165) is 25.8 Å². The van der Waals surface area contributed by atoms with Crippen molar-refractivity contribution in [2.75, 3.05) is 25.0 Å². The highest BCUT2D eigenvalue weighted by Gasteiger charge is 2.18. The number of nitrogens with two attached hydrogens (primary N) is 1. The molecule has 0 saturated carbocycles. The van der Waals surface area contributed by atoms with Gasteiger partial charge in [0.15, 0.2) is 0 Å². The molecule has 130 valence electrons. The third kappa shape index (κ3) is 4.68. The number of rotatable bonds is 7. The third-order valence-corrected chi connectivity index (χ3v) is 4.07. The van der Waals surface area contributed by atoms with Gasteiger partial charge in [0.1, 0.15) is 5.69 Å². The molecule has 1 aromatic rings. The summed E-state index contributed by atoms with van der Waals surface area (Å²) in [6.45, 7) is 1.92. The second kappa shape index (κ2) is 8.28. The molecule has 0 spiro atoms. The van der Waals surface area contributed by atoms with Crippen molar-refractivity contribution in [3.63, 3.8) is 0 Å². The van der Waals surface area contributed by atoms with Gasteiger partial charge in [-0.1, -0.05) is 6.42 Å². The Hall–Kier alpha value is -2.64. The molecule has 0 bridgehead atoms. The summed E-state index contributed by atoms with van der Waals surface area (Å²) in [6.07, 6.45) is 4.36. The van der Waals surface area contributed by atoms with Crippen LogP contribution in [-0.2, 0) is 4.79 Å². The number of carbonyl (C=O) groups is 2. The summed E-state index contributed by atoms with van der Waals surface area (Å²) >= 11 is 0. The molecule has 8 heteroatoms. The van der Waals surface area contributed by atoms with Crippen molar-refractivity contribution >= 4 is 23.2 Å². The second-order valence-electron chi connectivity index (χ2n) is 5.83. The molecule has 1 aromatic carbocycles. The summed E-state index contributed by atoms with van der Waals surface area (Å²) < 4.78 is 0. The van der Waals surface area contributed by atoms with Crippen molar-refractivity contribution in [3.8, 4) is 0 Å². The summed E-state index contributed by atoms with van der Waals surface area (Å²) in [5.41, 5.74) is 5.40. The largest absolute Gasteiger partial charge is 0.379 e. The molecule has 1 aliphatic rings.